The summed E-state index contributed by atoms with van der Waals surface area (Å²) in [4.78, 5) is 15.5. The van der Waals surface area contributed by atoms with Gasteiger partial charge in [-0.25, -0.2) is 22.5 Å². The van der Waals surface area contributed by atoms with Crippen molar-refractivity contribution in [3.8, 4) is 22.8 Å². The maximum atomic E-state index is 14.8. The molecule has 5 rings (SSSR count). The van der Waals surface area contributed by atoms with E-state index in [9.17, 15) is 32.6 Å². The zero-order valence-electron chi connectivity index (χ0n) is 21.3. The van der Waals surface area contributed by atoms with Crippen LogP contribution >= 0.6 is 0 Å². The fraction of sp³-hybridized carbons (Fsp3) is 0.379. The Hall–Kier alpha value is -3.66. The van der Waals surface area contributed by atoms with Crippen LogP contribution in [0.5, 0.6) is 11.6 Å². The van der Waals surface area contributed by atoms with Gasteiger partial charge in [-0.05, 0) is 72.7 Å². The molecule has 39 heavy (non-hydrogen) atoms. The van der Waals surface area contributed by atoms with Crippen LogP contribution in [-0.4, -0.2) is 33.4 Å². The molecular weight excluding hydrogens is 518 g/mol. The third kappa shape index (κ3) is 5.56. The molecule has 2 N–H and O–H groups in total. The van der Waals surface area contributed by atoms with Crippen molar-refractivity contribution in [2.75, 3.05) is 6.61 Å². The van der Waals surface area contributed by atoms with E-state index in [1.54, 1.807) is 26.1 Å². The smallest absolute Gasteiger partial charge is 0.307 e. The van der Waals surface area contributed by atoms with Gasteiger partial charge >= 0.3 is 5.97 Å². The fourth-order valence-electron chi connectivity index (χ4n) is 5.21. The second-order valence-electron chi connectivity index (χ2n) is 10.7. The monoisotopic (exact) mass is 545 g/mol. The van der Waals surface area contributed by atoms with Crippen molar-refractivity contribution in [2.24, 2.45) is 11.8 Å². The van der Waals surface area contributed by atoms with E-state index in [2.05, 4.69) is 4.98 Å². The van der Waals surface area contributed by atoms with E-state index in [1.165, 1.54) is 18.2 Å². The topological polar surface area (TPSA) is 88.9 Å². The number of aliphatic hydroxyl groups is 1. The summed E-state index contributed by atoms with van der Waals surface area (Å²) < 4.78 is 68.1. The number of nitrogens with zero attached hydrogens (tertiary/aromatic N) is 1. The molecule has 0 bridgehead atoms. The third-order valence-corrected chi connectivity index (χ3v) is 7.31. The number of carboxylic acids is 1. The Balaban J connectivity index is 1.34. The van der Waals surface area contributed by atoms with Crippen LogP contribution in [0.3, 0.4) is 0 Å². The first-order valence-corrected chi connectivity index (χ1v) is 12.5. The lowest BCUT2D eigenvalue weighted by Crippen LogP contribution is -2.21. The largest absolute Gasteiger partial charge is 0.490 e. The Bertz CT molecular complexity index is 1420. The van der Waals surface area contributed by atoms with Crippen molar-refractivity contribution in [1.82, 2.24) is 4.98 Å². The highest BCUT2D eigenvalue weighted by Crippen LogP contribution is 2.61. The van der Waals surface area contributed by atoms with E-state index in [0.717, 1.165) is 23.3 Å². The van der Waals surface area contributed by atoms with E-state index in [4.69, 9.17) is 9.47 Å². The predicted molar refractivity (Wildman–Crippen MR) is 133 cm³/mol. The number of aromatic nitrogens is 1. The van der Waals surface area contributed by atoms with Crippen LogP contribution in [0, 0.1) is 23.5 Å². The molecule has 1 heterocycles. The first-order chi connectivity index (χ1) is 18.4. The average Bonchev–Trinajstić information content (AvgIpc) is 3.45. The van der Waals surface area contributed by atoms with Gasteiger partial charge < -0.3 is 19.7 Å². The number of hydrogen-bond acceptors (Lipinski definition) is 5. The molecule has 1 saturated carbocycles. The summed E-state index contributed by atoms with van der Waals surface area (Å²) in [5.74, 6) is -2.76. The van der Waals surface area contributed by atoms with Crippen LogP contribution in [0.2, 0.25) is 0 Å². The van der Waals surface area contributed by atoms with E-state index in [1.807, 2.05) is 0 Å². The summed E-state index contributed by atoms with van der Waals surface area (Å²) in [6, 6.07) is 7.38. The second kappa shape index (κ2) is 10.1. The van der Waals surface area contributed by atoms with Crippen molar-refractivity contribution >= 4 is 5.97 Å². The van der Waals surface area contributed by atoms with Crippen molar-refractivity contribution < 1.29 is 42.0 Å². The number of carboxylic acid groups (broad SMARTS) is 1. The molecule has 0 radical (unpaired) electrons. The molecule has 3 atom stereocenters. The Labute approximate surface area is 222 Å². The summed E-state index contributed by atoms with van der Waals surface area (Å²) in [6.07, 6.45) is -0.572. The highest BCUT2D eigenvalue weighted by Gasteiger charge is 2.59. The standard InChI is InChI=1S/C29H27F4NO5/c1-29(2,37)5-6-38-23-4-3-14(9-22(23)31)17-8-16(21(30)11-18(17)27(32)33)13-39-24-10-15-7-19-25(20(15)12-34-24)26(19)28(35)36/h3-4,8-12,19,25-27,37H,5-7,13H2,1-2H3,(H,35,36). The molecule has 3 unspecified atom stereocenters. The molecule has 1 aromatic heterocycles. The highest BCUT2D eigenvalue weighted by molar-refractivity contribution is 5.77. The predicted octanol–water partition coefficient (Wildman–Crippen LogP) is 6.05. The molecule has 0 saturated heterocycles. The van der Waals surface area contributed by atoms with Gasteiger partial charge in [0.15, 0.2) is 11.6 Å². The number of pyridine rings is 1. The second-order valence-corrected chi connectivity index (χ2v) is 10.7. The first kappa shape index (κ1) is 26.9. The van der Waals surface area contributed by atoms with E-state index >= 15 is 0 Å². The number of benzene rings is 2. The highest BCUT2D eigenvalue weighted by atomic mass is 19.3. The fourth-order valence-corrected chi connectivity index (χ4v) is 5.21. The Morgan fingerprint density at radius 3 is 2.56 bits per heavy atom. The van der Waals surface area contributed by atoms with E-state index in [-0.39, 0.29) is 65.7 Å². The van der Waals surface area contributed by atoms with Crippen LogP contribution < -0.4 is 9.47 Å². The summed E-state index contributed by atoms with van der Waals surface area (Å²) in [6.45, 7) is 2.94. The lowest BCUT2D eigenvalue weighted by Gasteiger charge is -2.18. The molecule has 10 heteroatoms. The lowest BCUT2D eigenvalue weighted by molar-refractivity contribution is -0.139. The molecule has 2 aliphatic carbocycles. The van der Waals surface area contributed by atoms with Crippen LogP contribution in [-0.2, 0) is 17.8 Å². The number of aliphatic carboxylic acids is 1. The molecule has 2 aliphatic rings. The molecule has 6 nitrogen and oxygen atoms in total. The van der Waals surface area contributed by atoms with Crippen LogP contribution in [0.1, 0.15) is 54.9 Å². The van der Waals surface area contributed by atoms with E-state index in [0.29, 0.717) is 6.42 Å². The summed E-state index contributed by atoms with van der Waals surface area (Å²) >= 11 is 0. The quantitative estimate of drug-likeness (QED) is 0.302. The normalized spacial score (nSPS) is 19.5. The first-order valence-electron chi connectivity index (χ1n) is 12.5. The molecular formula is C29H27F4NO5. The molecule has 1 fully saturated rings. The maximum absolute atomic E-state index is 14.8. The van der Waals surface area contributed by atoms with Gasteiger partial charge in [-0.2, -0.15) is 0 Å². The Kier molecular flexibility index (Phi) is 7.00. The number of rotatable bonds is 10. The summed E-state index contributed by atoms with van der Waals surface area (Å²) in [5, 5.41) is 19.0. The number of halogens is 4. The average molecular weight is 546 g/mol. The van der Waals surface area contributed by atoms with Gasteiger partial charge in [0.25, 0.3) is 6.43 Å². The Morgan fingerprint density at radius 2 is 1.90 bits per heavy atom. The molecule has 0 amide bonds. The van der Waals surface area contributed by atoms with Gasteiger partial charge in [-0.3, -0.25) is 4.79 Å². The van der Waals surface area contributed by atoms with Crippen molar-refractivity contribution in [3.05, 3.63) is 76.5 Å². The van der Waals surface area contributed by atoms with Gasteiger partial charge in [0, 0.05) is 35.7 Å². The van der Waals surface area contributed by atoms with Crippen LogP contribution in [0.15, 0.2) is 42.6 Å². The minimum Gasteiger partial charge on any atom is -0.490 e. The minimum atomic E-state index is -3.00. The lowest BCUT2D eigenvalue weighted by atomic mass is 9.96. The van der Waals surface area contributed by atoms with E-state index < -0.39 is 35.2 Å². The molecule has 2 aromatic carbocycles. The van der Waals surface area contributed by atoms with Gasteiger partial charge in [0.1, 0.15) is 12.4 Å². The Morgan fingerprint density at radius 1 is 1.13 bits per heavy atom. The zero-order chi connectivity index (χ0) is 28.1. The maximum Gasteiger partial charge on any atom is 0.307 e. The van der Waals surface area contributed by atoms with Gasteiger partial charge in [0.05, 0.1) is 18.1 Å². The van der Waals surface area contributed by atoms with Crippen molar-refractivity contribution in [1.29, 1.82) is 0 Å². The summed E-state index contributed by atoms with van der Waals surface area (Å²) in [5.41, 5.74) is 0.279. The van der Waals surface area contributed by atoms with Crippen molar-refractivity contribution in [3.63, 3.8) is 0 Å². The van der Waals surface area contributed by atoms with Gasteiger partial charge in [0.2, 0.25) is 5.88 Å². The molecule has 0 aliphatic heterocycles. The SMILES string of the molecule is CC(C)(O)CCOc1ccc(-c2cc(COc3cc4c(cn3)C3C(C4)C3C(=O)O)c(F)cc2C(F)F)cc1F. The minimum absolute atomic E-state index is 0.0172. The number of fused-ring (bicyclic) bond motifs is 3. The number of ether oxygens (including phenoxy) is 2. The molecule has 206 valence electrons. The number of alkyl halides is 2. The van der Waals surface area contributed by atoms with Crippen molar-refractivity contribution in [2.45, 2.75) is 51.2 Å². The molecule has 3 aromatic rings. The zero-order valence-corrected chi connectivity index (χ0v) is 21.3. The number of hydrogen-bond donors (Lipinski definition) is 2. The molecule has 0 spiro atoms. The summed E-state index contributed by atoms with van der Waals surface area (Å²) in [7, 11) is 0. The van der Waals surface area contributed by atoms with Gasteiger partial charge in [-0.15, -0.1) is 0 Å². The van der Waals surface area contributed by atoms with Gasteiger partial charge in [-0.1, -0.05) is 6.07 Å². The van der Waals surface area contributed by atoms with Crippen LogP contribution in [0.25, 0.3) is 11.1 Å². The third-order valence-electron chi connectivity index (χ3n) is 7.31. The van der Waals surface area contributed by atoms with Crippen LogP contribution in [0.4, 0.5) is 17.6 Å². The number of carbonyl (C=O) groups is 1.